The van der Waals surface area contributed by atoms with Crippen molar-refractivity contribution in [1.82, 2.24) is 4.90 Å². The van der Waals surface area contributed by atoms with Gasteiger partial charge in [0, 0.05) is 24.1 Å². The molecule has 5 heteroatoms. The van der Waals surface area contributed by atoms with Gasteiger partial charge in [-0.05, 0) is 18.6 Å². The van der Waals surface area contributed by atoms with Crippen molar-refractivity contribution in [3.63, 3.8) is 0 Å². The molecule has 1 saturated heterocycles. The fraction of sp³-hybridized carbons (Fsp3) is 0.462. The van der Waals surface area contributed by atoms with Gasteiger partial charge in [0.25, 0.3) is 5.91 Å². The maximum atomic E-state index is 12.3. The highest BCUT2D eigenvalue weighted by Crippen LogP contribution is 2.30. The third-order valence-corrected chi connectivity index (χ3v) is 4.49. The smallest absolute Gasteiger partial charge is 0.261 e. The van der Waals surface area contributed by atoms with Crippen LogP contribution in [-0.2, 0) is 0 Å². The molecule has 0 spiro atoms. The number of amides is 1. The Kier molecular flexibility index (Phi) is 4.01. The first-order chi connectivity index (χ1) is 8.63. The number of benzene rings is 1. The Balaban J connectivity index is 2.20. The number of hydrogen-bond donors (Lipinski definition) is 2. The zero-order valence-electron chi connectivity index (χ0n) is 10.3. The summed E-state index contributed by atoms with van der Waals surface area (Å²) in [7, 11) is 0. The summed E-state index contributed by atoms with van der Waals surface area (Å²) in [5.41, 5.74) is 0.0132. The second-order valence-electron chi connectivity index (χ2n) is 4.32. The Morgan fingerprint density at radius 2 is 2.11 bits per heavy atom. The summed E-state index contributed by atoms with van der Waals surface area (Å²) in [4.78, 5) is 14.0. The minimum Gasteiger partial charge on any atom is -0.507 e. The second-order valence-corrected chi connectivity index (χ2v) is 5.73. The highest BCUT2D eigenvalue weighted by molar-refractivity contribution is 8.00. The third-order valence-electron chi connectivity index (χ3n) is 3.12. The lowest BCUT2D eigenvalue weighted by atomic mass is 10.1. The monoisotopic (exact) mass is 267 g/mol. The molecule has 1 aromatic carbocycles. The molecule has 0 bridgehead atoms. The van der Waals surface area contributed by atoms with Gasteiger partial charge in [0.05, 0.1) is 0 Å². The minimum absolute atomic E-state index is 0.0132. The number of carbonyl (C=O) groups is 1. The largest absolute Gasteiger partial charge is 0.507 e. The van der Waals surface area contributed by atoms with E-state index in [1.54, 1.807) is 4.90 Å². The first-order valence-corrected chi connectivity index (χ1v) is 7.10. The summed E-state index contributed by atoms with van der Waals surface area (Å²) in [5, 5.41) is 19.8. The first-order valence-electron chi connectivity index (χ1n) is 6.05. The highest BCUT2D eigenvalue weighted by Gasteiger charge is 2.27. The summed E-state index contributed by atoms with van der Waals surface area (Å²) in [6.45, 7) is 3.44. The highest BCUT2D eigenvalue weighted by atomic mass is 32.2. The predicted molar refractivity (Wildman–Crippen MR) is 72.2 cm³/mol. The van der Waals surface area contributed by atoms with E-state index in [1.807, 2.05) is 11.8 Å². The Hall–Kier alpha value is -1.36. The van der Waals surface area contributed by atoms with Crippen molar-refractivity contribution < 1.29 is 15.0 Å². The molecule has 1 aliphatic heterocycles. The Labute approximate surface area is 111 Å². The van der Waals surface area contributed by atoms with Crippen LogP contribution < -0.4 is 0 Å². The van der Waals surface area contributed by atoms with E-state index in [2.05, 4.69) is 6.92 Å². The summed E-state index contributed by atoms with van der Waals surface area (Å²) < 4.78 is 0. The molecule has 1 unspecified atom stereocenters. The topological polar surface area (TPSA) is 60.8 Å². The lowest BCUT2D eigenvalue weighted by Gasteiger charge is -2.32. The number of rotatable bonds is 2. The van der Waals surface area contributed by atoms with Gasteiger partial charge in [-0.3, -0.25) is 4.79 Å². The molecular formula is C13H17NO3S. The van der Waals surface area contributed by atoms with Gasteiger partial charge in [-0.15, -0.1) is 0 Å². The number of thioether (sulfide) groups is 1. The first kappa shape index (κ1) is 13.1. The van der Waals surface area contributed by atoms with Crippen molar-refractivity contribution in [2.75, 3.05) is 18.8 Å². The van der Waals surface area contributed by atoms with E-state index in [9.17, 15) is 15.0 Å². The van der Waals surface area contributed by atoms with E-state index in [0.717, 1.165) is 12.2 Å². The van der Waals surface area contributed by atoms with Gasteiger partial charge in [0.15, 0.2) is 0 Å². The molecule has 98 valence electrons. The minimum atomic E-state index is -0.288. The van der Waals surface area contributed by atoms with Crippen LogP contribution in [0.4, 0.5) is 0 Å². The normalized spacial score (nSPS) is 19.8. The Morgan fingerprint density at radius 3 is 2.72 bits per heavy atom. The third kappa shape index (κ3) is 2.56. The predicted octanol–water partition coefficient (Wildman–Crippen LogP) is 2.07. The summed E-state index contributed by atoms with van der Waals surface area (Å²) in [5.74, 6) is 0.292. The molecule has 1 heterocycles. The maximum Gasteiger partial charge on any atom is 0.261 e. The fourth-order valence-corrected chi connectivity index (χ4v) is 3.24. The van der Waals surface area contributed by atoms with Crippen LogP contribution in [0.2, 0.25) is 0 Å². The van der Waals surface area contributed by atoms with E-state index in [4.69, 9.17) is 0 Å². The number of phenolic OH excluding ortho intramolecular Hbond substituents is 2. The molecule has 18 heavy (non-hydrogen) atoms. The van der Waals surface area contributed by atoms with Crippen molar-refractivity contribution in [3.8, 4) is 11.5 Å². The van der Waals surface area contributed by atoms with Crippen molar-refractivity contribution in [1.29, 1.82) is 0 Å². The van der Waals surface area contributed by atoms with Crippen LogP contribution in [-0.4, -0.2) is 45.1 Å². The fourth-order valence-electron chi connectivity index (χ4n) is 2.06. The maximum absolute atomic E-state index is 12.3. The Bertz CT molecular complexity index is 430. The zero-order chi connectivity index (χ0) is 13.1. The van der Waals surface area contributed by atoms with E-state index in [-0.39, 0.29) is 23.0 Å². The molecule has 1 fully saturated rings. The van der Waals surface area contributed by atoms with Crippen molar-refractivity contribution in [2.45, 2.75) is 18.6 Å². The number of nitrogens with zero attached hydrogens (tertiary/aromatic N) is 1. The molecule has 0 aliphatic carbocycles. The van der Waals surface area contributed by atoms with E-state index in [1.165, 1.54) is 18.2 Å². The van der Waals surface area contributed by atoms with Crippen LogP contribution in [0.25, 0.3) is 0 Å². The molecule has 2 rings (SSSR count). The molecule has 2 N–H and O–H groups in total. The van der Waals surface area contributed by atoms with Gasteiger partial charge in [0.1, 0.15) is 17.1 Å². The van der Waals surface area contributed by atoms with E-state index >= 15 is 0 Å². The number of hydrogen-bond acceptors (Lipinski definition) is 4. The second kappa shape index (κ2) is 5.52. The number of carbonyl (C=O) groups excluding carboxylic acids is 1. The average molecular weight is 267 g/mol. The van der Waals surface area contributed by atoms with Crippen LogP contribution >= 0.6 is 11.8 Å². The van der Waals surface area contributed by atoms with Crippen LogP contribution in [0, 0.1) is 0 Å². The Morgan fingerprint density at radius 1 is 1.44 bits per heavy atom. The molecule has 0 saturated carbocycles. The van der Waals surface area contributed by atoms with Gasteiger partial charge in [-0.25, -0.2) is 0 Å². The van der Waals surface area contributed by atoms with Crippen molar-refractivity contribution >= 4 is 17.7 Å². The molecule has 1 aliphatic rings. The molecule has 1 aromatic rings. The van der Waals surface area contributed by atoms with E-state index in [0.29, 0.717) is 18.3 Å². The molecule has 0 aromatic heterocycles. The number of phenols is 2. The van der Waals surface area contributed by atoms with Crippen LogP contribution in [0.3, 0.4) is 0 Å². The molecule has 4 nitrogen and oxygen atoms in total. The summed E-state index contributed by atoms with van der Waals surface area (Å²) in [6.07, 6.45) is 1.02. The van der Waals surface area contributed by atoms with Crippen LogP contribution in [0.1, 0.15) is 23.7 Å². The molecule has 1 amide bonds. The van der Waals surface area contributed by atoms with E-state index < -0.39 is 0 Å². The van der Waals surface area contributed by atoms with Gasteiger partial charge in [-0.1, -0.05) is 13.0 Å². The van der Waals surface area contributed by atoms with Gasteiger partial charge < -0.3 is 15.1 Å². The van der Waals surface area contributed by atoms with Gasteiger partial charge >= 0.3 is 0 Å². The average Bonchev–Trinajstić information content (AvgIpc) is 2.38. The quantitative estimate of drug-likeness (QED) is 0.861. The van der Waals surface area contributed by atoms with Crippen LogP contribution in [0.5, 0.6) is 11.5 Å². The molecule has 0 radical (unpaired) electrons. The molecule has 1 atom stereocenters. The van der Waals surface area contributed by atoms with Crippen LogP contribution in [0.15, 0.2) is 18.2 Å². The van der Waals surface area contributed by atoms with Gasteiger partial charge in [-0.2, -0.15) is 11.8 Å². The summed E-state index contributed by atoms with van der Waals surface area (Å²) in [6, 6.07) is 4.36. The van der Waals surface area contributed by atoms with Gasteiger partial charge in [0.2, 0.25) is 0 Å². The molecular weight excluding hydrogens is 250 g/mol. The number of aromatic hydroxyl groups is 2. The van der Waals surface area contributed by atoms with Crippen molar-refractivity contribution in [3.05, 3.63) is 23.8 Å². The summed E-state index contributed by atoms with van der Waals surface area (Å²) >= 11 is 1.87. The standard InChI is InChI=1S/C13H17NO3S/c1-2-9-8-14(6-7-18-9)13(17)12-10(15)4-3-5-11(12)16/h3-5,9,15-16H,2,6-8H2,1H3. The zero-order valence-corrected chi connectivity index (χ0v) is 11.1. The lowest BCUT2D eigenvalue weighted by molar-refractivity contribution is 0.0754. The SMILES string of the molecule is CCC1CN(C(=O)c2c(O)cccc2O)CCS1. The lowest BCUT2D eigenvalue weighted by Crippen LogP contribution is -2.41. The van der Waals surface area contributed by atoms with Crippen molar-refractivity contribution in [2.24, 2.45) is 0 Å².